The van der Waals surface area contributed by atoms with Gasteiger partial charge >= 0.3 is 5.97 Å². The minimum atomic E-state index is -0.802. The van der Waals surface area contributed by atoms with Gasteiger partial charge in [0.2, 0.25) is 0 Å². The van der Waals surface area contributed by atoms with Gasteiger partial charge in [-0.05, 0) is 62.7 Å². The third-order valence-electron chi connectivity index (χ3n) is 7.92. The predicted molar refractivity (Wildman–Crippen MR) is 104 cm³/mol. The molecule has 0 amide bonds. The Balaban J connectivity index is 2.32. The molecule has 0 radical (unpaired) electrons. The molecule has 2 bridgehead atoms. The van der Waals surface area contributed by atoms with Crippen molar-refractivity contribution in [3.63, 3.8) is 0 Å². The maximum absolute atomic E-state index is 12.4. The van der Waals surface area contributed by atoms with Gasteiger partial charge < -0.3 is 14.9 Å². The summed E-state index contributed by atoms with van der Waals surface area (Å²) in [5.74, 6) is 0.379. The number of carbonyl (C=O) groups excluding carboxylic acids is 1. The minimum Gasteiger partial charge on any atom is -0.462 e. The molecular weight excluding hydrogens is 328 g/mol. The lowest BCUT2D eigenvalue weighted by Crippen LogP contribution is -2.55. The van der Waals surface area contributed by atoms with Crippen molar-refractivity contribution in [3.05, 3.63) is 0 Å². The van der Waals surface area contributed by atoms with Crippen LogP contribution in [0.1, 0.15) is 86.5 Å². The van der Waals surface area contributed by atoms with E-state index in [1.807, 2.05) is 41.5 Å². The molecule has 152 valence electrons. The molecule has 0 aliphatic heterocycles. The van der Waals surface area contributed by atoms with E-state index in [4.69, 9.17) is 4.74 Å². The van der Waals surface area contributed by atoms with Crippen LogP contribution in [-0.4, -0.2) is 33.5 Å². The van der Waals surface area contributed by atoms with Crippen molar-refractivity contribution >= 4 is 5.97 Å². The lowest BCUT2D eigenvalue weighted by atomic mass is 9.60. The molecule has 0 aromatic carbocycles. The number of hydrogen-bond donors (Lipinski definition) is 2. The predicted octanol–water partition coefficient (Wildman–Crippen LogP) is 4.32. The summed E-state index contributed by atoms with van der Waals surface area (Å²) in [6.45, 7) is 12.1. The van der Waals surface area contributed by atoms with Gasteiger partial charge in [-0.3, -0.25) is 4.79 Å². The molecule has 4 nitrogen and oxygen atoms in total. The third kappa shape index (κ3) is 3.56. The molecule has 2 rings (SSSR count). The largest absolute Gasteiger partial charge is 0.462 e. The smallest absolute Gasteiger partial charge is 0.308 e. The average Bonchev–Trinajstić information content (AvgIpc) is 3.24. The van der Waals surface area contributed by atoms with Gasteiger partial charge in [0.05, 0.1) is 17.1 Å². The van der Waals surface area contributed by atoms with Gasteiger partial charge in [0, 0.05) is 5.92 Å². The van der Waals surface area contributed by atoms with E-state index in [9.17, 15) is 15.0 Å². The Hall–Kier alpha value is -0.610. The van der Waals surface area contributed by atoms with Crippen molar-refractivity contribution in [1.82, 2.24) is 0 Å². The van der Waals surface area contributed by atoms with Crippen molar-refractivity contribution < 1.29 is 19.7 Å². The monoisotopic (exact) mass is 368 g/mol. The molecule has 2 N–H and O–H groups in total. The topological polar surface area (TPSA) is 66.8 Å². The van der Waals surface area contributed by atoms with Crippen molar-refractivity contribution in [2.75, 3.05) is 0 Å². The highest BCUT2D eigenvalue weighted by Gasteiger charge is 2.63. The standard InChI is InChI=1S/C22H40O4/c1-7-14(6)20(23)26-17-13-15-12-16(17)19(22(25,10-4)11-5)18(15)21(24,8-2)9-3/h14-19,24-25H,7-13H2,1-6H3. The minimum absolute atomic E-state index is 0.00381. The summed E-state index contributed by atoms with van der Waals surface area (Å²) in [5, 5.41) is 22.8. The zero-order valence-corrected chi connectivity index (χ0v) is 17.6. The molecule has 2 aliphatic carbocycles. The first kappa shape index (κ1) is 21.7. The summed E-state index contributed by atoms with van der Waals surface area (Å²) in [6.07, 6.45) is 5.21. The molecule has 6 atom stereocenters. The van der Waals surface area contributed by atoms with Gasteiger partial charge in [0.15, 0.2) is 0 Å². The molecule has 0 aromatic heterocycles. The molecule has 0 saturated heterocycles. The summed E-state index contributed by atoms with van der Waals surface area (Å²) in [7, 11) is 0. The van der Waals surface area contributed by atoms with Gasteiger partial charge in [0.25, 0.3) is 0 Å². The van der Waals surface area contributed by atoms with E-state index in [0.29, 0.717) is 31.6 Å². The molecule has 2 aliphatic rings. The normalized spacial score (nSPS) is 32.7. The molecule has 0 heterocycles. The van der Waals surface area contributed by atoms with Crippen LogP contribution in [0, 0.1) is 29.6 Å². The Morgan fingerprint density at radius 3 is 1.92 bits per heavy atom. The Kier molecular flexibility index (Phi) is 6.82. The molecule has 6 unspecified atom stereocenters. The molecular formula is C22H40O4. The van der Waals surface area contributed by atoms with Crippen LogP contribution in [0.3, 0.4) is 0 Å². The van der Waals surface area contributed by atoms with Crippen LogP contribution < -0.4 is 0 Å². The number of rotatable bonds is 9. The van der Waals surface area contributed by atoms with Gasteiger partial charge in [-0.25, -0.2) is 0 Å². The second kappa shape index (κ2) is 8.18. The molecule has 26 heavy (non-hydrogen) atoms. The first-order valence-electron chi connectivity index (χ1n) is 10.9. The third-order valence-corrected chi connectivity index (χ3v) is 7.92. The Morgan fingerprint density at radius 2 is 1.46 bits per heavy atom. The first-order valence-corrected chi connectivity index (χ1v) is 10.9. The fourth-order valence-corrected chi connectivity index (χ4v) is 5.82. The van der Waals surface area contributed by atoms with Crippen LogP contribution >= 0.6 is 0 Å². The van der Waals surface area contributed by atoms with Crippen LogP contribution in [0.4, 0.5) is 0 Å². The highest BCUT2D eigenvalue weighted by molar-refractivity contribution is 5.72. The Bertz CT molecular complexity index is 481. The fourth-order valence-electron chi connectivity index (χ4n) is 5.82. The molecule has 2 fully saturated rings. The summed E-state index contributed by atoms with van der Waals surface area (Å²) in [6, 6.07) is 0. The number of fused-ring (bicyclic) bond motifs is 2. The zero-order valence-electron chi connectivity index (χ0n) is 17.6. The lowest BCUT2D eigenvalue weighted by Gasteiger charge is -2.50. The van der Waals surface area contributed by atoms with Gasteiger partial charge in [-0.2, -0.15) is 0 Å². The summed E-state index contributed by atoms with van der Waals surface area (Å²) >= 11 is 0. The van der Waals surface area contributed by atoms with Gasteiger partial charge in [-0.15, -0.1) is 0 Å². The van der Waals surface area contributed by atoms with E-state index in [0.717, 1.165) is 19.3 Å². The van der Waals surface area contributed by atoms with E-state index in [2.05, 4.69) is 0 Å². The summed E-state index contributed by atoms with van der Waals surface area (Å²) in [5.41, 5.74) is -1.54. The maximum Gasteiger partial charge on any atom is 0.308 e. The van der Waals surface area contributed by atoms with Crippen LogP contribution in [0.15, 0.2) is 0 Å². The number of ether oxygens (including phenoxy) is 1. The van der Waals surface area contributed by atoms with Crippen molar-refractivity contribution in [2.24, 2.45) is 29.6 Å². The average molecular weight is 369 g/mol. The quantitative estimate of drug-likeness (QED) is 0.595. The first-order chi connectivity index (χ1) is 12.2. The van der Waals surface area contributed by atoms with E-state index < -0.39 is 11.2 Å². The van der Waals surface area contributed by atoms with Crippen LogP contribution in [0.2, 0.25) is 0 Å². The van der Waals surface area contributed by atoms with Crippen LogP contribution in [0.5, 0.6) is 0 Å². The number of aliphatic hydroxyl groups is 2. The lowest BCUT2D eigenvalue weighted by molar-refractivity contribution is -0.175. The van der Waals surface area contributed by atoms with Gasteiger partial charge in [0.1, 0.15) is 6.10 Å². The number of hydrogen-bond acceptors (Lipinski definition) is 4. The SMILES string of the molecule is CCC(C)C(=O)OC1CC2CC1C(C(O)(CC)CC)C2C(O)(CC)CC. The molecule has 4 heteroatoms. The zero-order chi connectivity index (χ0) is 19.7. The van der Waals surface area contributed by atoms with E-state index in [1.165, 1.54) is 0 Å². The number of carbonyl (C=O) groups is 1. The molecule has 2 saturated carbocycles. The molecule has 0 aromatic rings. The second-order valence-electron chi connectivity index (χ2n) is 8.85. The highest BCUT2D eigenvalue weighted by Crippen LogP contribution is 2.61. The number of esters is 1. The van der Waals surface area contributed by atoms with Crippen LogP contribution in [0.25, 0.3) is 0 Å². The fraction of sp³-hybridized carbons (Fsp3) is 0.955. The van der Waals surface area contributed by atoms with Crippen molar-refractivity contribution in [3.8, 4) is 0 Å². The summed E-state index contributed by atoms with van der Waals surface area (Å²) < 4.78 is 5.91. The molecule has 0 spiro atoms. The van der Waals surface area contributed by atoms with Crippen molar-refractivity contribution in [2.45, 2.75) is 104 Å². The van der Waals surface area contributed by atoms with E-state index >= 15 is 0 Å². The van der Waals surface area contributed by atoms with E-state index in [1.54, 1.807) is 0 Å². The highest BCUT2D eigenvalue weighted by atomic mass is 16.5. The van der Waals surface area contributed by atoms with Gasteiger partial charge in [-0.1, -0.05) is 41.5 Å². The van der Waals surface area contributed by atoms with Crippen LogP contribution in [-0.2, 0) is 9.53 Å². The second-order valence-corrected chi connectivity index (χ2v) is 8.85. The Labute approximate surface area is 159 Å². The summed E-state index contributed by atoms with van der Waals surface area (Å²) in [4.78, 5) is 12.4. The maximum atomic E-state index is 12.4. The van der Waals surface area contributed by atoms with E-state index in [-0.39, 0.29) is 35.7 Å². The Morgan fingerprint density at radius 1 is 0.962 bits per heavy atom. The van der Waals surface area contributed by atoms with Crippen molar-refractivity contribution in [1.29, 1.82) is 0 Å².